The third kappa shape index (κ3) is 4.22. The van der Waals surface area contributed by atoms with E-state index < -0.39 is 5.54 Å². The number of rotatable bonds is 6. The SMILES string of the molecule is COc1ccccc1CNc1ncc(C(=O)N2CCNC(=O)C2(C)C)nc1C(C)C. The van der Waals surface area contributed by atoms with Crippen LogP contribution >= 0.6 is 0 Å². The second kappa shape index (κ2) is 8.69. The fourth-order valence-electron chi connectivity index (χ4n) is 3.47. The molecule has 0 unspecified atom stereocenters. The lowest BCUT2D eigenvalue weighted by atomic mass is 9.98. The predicted octanol–water partition coefficient (Wildman–Crippen LogP) is 2.57. The summed E-state index contributed by atoms with van der Waals surface area (Å²) in [6.45, 7) is 8.86. The van der Waals surface area contributed by atoms with Crippen LogP contribution in [0.1, 0.15) is 55.4 Å². The number of methoxy groups -OCH3 is 1. The molecule has 1 aliphatic rings. The molecule has 1 fully saturated rings. The molecule has 2 N–H and O–H groups in total. The molecule has 1 saturated heterocycles. The first-order valence-corrected chi connectivity index (χ1v) is 10.1. The Kier molecular flexibility index (Phi) is 6.24. The van der Waals surface area contributed by atoms with Gasteiger partial charge in [-0.2, -0.15) is 0 Å². The minimum absolute atomic E-state index is 0.0584. The summed E-state index contributed by atoms with van der Waals surface area (Å²) < 4.78 is 5.40. The zero-order valence-electron chi connectivity index (χ0n) is 18.2. The van der Waals surface area contributed by atoms with E-state index in [0.717, 1.165) is 11.3 Å². The summed E-state index contributed by atoms with van der Waals surface area (Å²) in [5, 5.41) is 6.11. The third-order valence-corrected chi connectivity index (χ3v) is 5.30. The van der Waals surface area contributed by atoms with E-state index in [9.17, 15) is 9.59 Å². The summed E-state index contributed by atoms with van der Waals surface area (Å²) in [6, 6.07) is 7.76. The average molecular weight is 412 g/mol. The molecule has 2 heterocycles. The molecule has 30 heavy (non-hydrogen) atoms. The van der Waals surface area contributed by atoms with E-state index in [1.165, 1.54) is 6.20 Å². The van der Waals surface area contributed by atoms with Gasteiger partial charge in [-0.1, -0.05) is 32.0 Å². The standard InChI is InChI=1S/C22H29N5O3/c1-14(2)18-19(24-12-15-8-6-7-9-17(15)30-5)25-13-16(26-18)20(28)27-11-10-23-21(29)22(27,3)4/h6-9,13-14H,10-12H2,1-5H3,(H,23,29)(H,24,25). The van der Waals surface area contributed by atoms with Gasteiger partial charge in [-0.05, 0) is 25.8 Å². The fourth-order valence-corrected chi connectivity index (χ4v) is 3.47. The number of nitrogens with zero attached hydrogens (tertiary/aromatic N) is 3. The average Bonchev–Trinajstić information content (AvgIpc) is 2.73. The van der Waals surface area contributed by atoms with Crippen molar-refractivity contribution in [3.63, 3.8) is 0 Å². The van der Waals surface area contributed by atoms with Gasteiger partial charge in [-0.15, -0.1) is 0 Å². The molecule has 0 atom stereocenters. The number of ether oxygens (including phenoxy) is 1. The second-order valence-electron chi connectivity index (χ2n) is 8.08. The lowest BCUT2D eigenvalue weighted by Crippen LogP contribution is -2.63. The summed E-state index contributed by atoms with van der Waals surface area (Å²) >= 11 is 0. The van der Waals surface area contributed by atoms with Crippen LogP contribution in [0, 0.1) is 0 Å². The molecule has 0 aliphatic carbocycles. The van der Waals surface area contributed by atoms with Gasteiger partial charge >= 0.3 is 0 Å². The third-order valence-electron chi connectivity index (χ3n) is 5.30. The van der Waals surface area contributed by atoms with E-state index in [2.05, 4.69) is 20.6 Å². The van der Waals surface area contributed by atoms with Crippen LogP contribution in [-0.4, -0.2) is 52.4 Å². The molecular weight excluding hydrogens is 382 g/mol. The van der Waals surface area contributed by atoms with Crippen LogP contribution < -0.4 is 15.4 Å². The van der Waals surface area contributed by atoms with Crippen LogP contribution in [-0.2, 0) is 11.3 Å². The van der Waals surface area contributed by atoms with Crippen molar-refractivity contribution in [1.29, 1.82) is 0 Å². The van der Waals surface area contributed by atoms with Crippen molar-refractivity contribution >= 4 is 17.6 Å². The Morgan fingerprint density at radius 1 is 1.33 bits per heavy atom. The van der Waals surface area contributed by atoms with Gasteiger partial charge in [0.15, 0.2) is 0 Å². The van der Waals surface area contributed by atoms with Crippen molar-refractivity contribution in [3.8, 4) is 5.75 Å². The summed E-state index contributed by atoms with van der Waals surface area (Å²) in [7, 11) is 1.64. The number of benzene rings is 1. The molecule has 0 saturated carbocycles. The molecule has 0 bridgehead atoms. The number of nitrogens with one attached hydrogen (secondary N) is 2. The van der Waals surface area contributed by atoms with Gasteiger partial charge in [0.05, 0.1) is 19.0 Å². The van der Waals surface area contributed by atoms with E-state index in [0.29, 0.717) is 31.1 Å². The Hall–Kier alpha value is -3.16. The van der Waals surface area contributed by atoms with Gasteiger partial charge in [0.2, 0.25) is 5.91 Å². The summed E-state index contributed by atoms with van der Waals surface area (Å²) in [5.74, 6) is 1.02. The summed E-state index contributed by atoms with van der Waals surface area (Å²) in [6.07, 6.45) is 1.47. The van der Waals surface area contributed by atoms with E-state index in [1.807, 2.05) is 38.1 Å². The Bertz CT molecular complexity index is 942. The van der Waals surface area contributed by atoms with Gasteiger partial charge in [0, 0.05) is 25.2 Å². The molecule has 2 aromatic rings. The molecule has 1 aromatic carbocycles. The highest BCUT2D eigenvalue weighted by Gasteiger charge is 2.41. The zero-order chi connectivity index (χ0) is 21.9. The van der Waals surface area contributed by atoms with Crippen molar-refractivity contribution in [2.24, 2.45) is 0 Å². The molecule has 8 heteroatoms. The smallest absolute Gasteiger partial charge is 0.275 e. The van der Waals surface area contributed by atoms with Crippen LogP contribution in [0.5, 0.6) is 5.75 Å². The second-order valence-corrected chi connectivity index (χ2v) is 8.08. The zero-order valence-corrected chi connectivity index (χ0v) is 18.2. The summed E-state index contributed by atoms with van der Waals surface area (Å²) in [4.78, 5) is 36.0. The van der Waals surface area contributed by atoms with Crippen LogP contribution in [0.4, 0.5) is 5.82 Å². The van der Waals surface area contributed by atoms with Gasteiger partial charge in [-0.25, -0.2) is 9.97 Å². The topological polar surface area (TPSA) is 96.5 Å². The monoisotopic (exact) mass is 411 g/mol. The van der Waals surface area contributed by atoms with Crippen LogP contribution in [0.15, 0.2) is 30.5 Å². The van der Waals surface area contributed by atoms with Crippen LogP contribution in [0.3, 0.4) is 0 Å². The van der Waals surface area contributed by atoms with Crippen molar-refractivity contribution < 1.29 is 14.3 Å². The largest absolute Gasteiger partial charge is 0.496 e. The number of anilines is 1. The minimum atomic E-state index is -0.935. The Morgan fingerprint density at radius 3 is 2.77 bits per heavy atom. The van der Waals surface area contributed by atoms with Gasteiger partial charge in [0.25, 0.3) is 5.91 Å². The number of carbonyl (C=O) groups excluding carboxylic acids is 2. The maximum Gasteiger partial charge on any atom is 0.275 e. The van der Waals surface area contributed by atoms with E-state index in [1.54, 1.807) is 25.9 Å². The lowest BCUT2D eigenvalue weighted by molar-refractivity contribution is -0.133. The number of amides is 2. The number of para-hydroxylation sites is 1. The lowest BCUT2D eigenvalue weighted by Gasteiger charge is -2.40. The predicted molar refractivity (Wildman–Crippen MR) is 115 cm³/mol. The first-order valence-electron chi connectivity index (χ1n) is 10.1. The van der Waals surface area contributed by atoms with E-state index in [4.69, 9.17) is 4.74 Å². The number of hydrogen-bond donors (Lipinski definition) is 2. The Labute approximate surface area is 177 Å². The first kappa shape index (κ1) is 21.5. The highest BCUT2D eigenvalue weighted by Crippen LogP contribution is 2.25. The Morgan fingerprint density at radius 2 is 2.07 bits per heavy atom. The Balaban J connectivity index is 1.85. The van der Waals surface area contributed by atoms with Crippen molar-refractivity contribution in [2.45, 2.75) is 45.7 Å². The normalized spacial score (nSPS) is 15.7. The summed E-state index contributed by atoms with van der Waals surface area (Å²) in [5.41, 5.74) is 1.01. The number of carbonyl (C=O) groups is 2. The van der Waals surface area contributed by atoms with Gasteiger partial charge < -0.3 is 20.3 Å². The molecule has 8 nitrogen and oxygen atoms in total. The molecule has 1 aromatic heterocycles. The maximum absolute atomic E-state index is 13.1. The van der Waals surface area contributed by atoms with Crippen molar-refractivity contribution in [1.82, 2.24) is 20.2 Å². The van der Waals surface area contributed by atoms with Crippen LogP contribution in [0.25, 0.3) is 0 Å². The first-order chi connectivity index (χ1) is 14.3. The molecule has 0 spiro atoms. The fraction of sp³-hybridized carbons (Fsp3) is 0.455. The molecule has 2 amide bonds. The quantitative estimate of drug-likeness (QED) is 0.758. The molecule has 0 radical (unpaired) electrons. The van der Waals surface area contributed by atoms with Gasteiger partial charge in [-0.3, -0.25) is 9.59 Å². The number of hydrogen-bond acceptors (Lipinski definition) is 6. The molecule has 160 valence electrons. The van der Waals surface area contributed by atoms with Crippen molar-refractivity contribution in [2.75, 3.05) is 25.5 Å². The van der Waals surface area contributed by atoms with Crippen molar-refractivity contribution in [3.05, 3.63) is 47.4 Å². The van der Waals surface area contributed by atoms with Crippen LogP contribution in [0.2, 0.25) is 0 Å². The van der Waals surface area contributed by atoms with Gasteiger partial charge in [0.1, 0.15) is 22.8 Å². The number of aromatic nitrogens is 2. The molecule has 3 rings (SSSR count). The highest BCUT2D eigenvalue weighted by atomic mass is 16.5. The van der Waals surface area contributed by atoms with E-state index >= 15 is 0 Å². The van der Waals surface area contributed by atoms with E-state index in [-0.39, 0.29) is 23.4 Å². The maximum atomic E-state index is 13.1. The molecule has 1 aliphatic heterocycles. The highest BCUT2D eigenvalue weighted by molar-refractivity contribution is 5.98. The minimum Gasteiger partial charge on any atom is -0.496 e. The molecular formula is C22H29N5O3. The number of piperazine rings is 1.